The van der Waals surface area contributed by atoms with Crippen molar-refractivity contribution >= 4 is 23.4 Å². The minimum atomic E-state index is 0.00292. The zero-order valence-electron chi connectivity index (χ0n) is 11.6. The summed E-state index contributed by atoms with van der Waals surface area (Å²) in [6.07, 6.45) is 0. The van der Waals surface area contributed by atoms with E-state index < -0.39 is 0 Å². The van der Waals surface area contributed by atoms with E-state index in [9.17, 15) is 4.79 Å². The second kappa shape index (κ2) is 5.74. The smallest absolute Gasteiger partial charge is 0.257 e. The van der Waals surface area contributed by atoms with Crippen molar-refractivity contribution in [2.75, 3.05) is 25.9 Å². The number of amides is 1. The van der Waals surface area contributed by atoms with Crippen LogP contribution in [0, 0.1) is 0 Å². The van der Waals surface area contributed by atoms with Gasteiger partial charge in [0.1, 0.15) is 0 Å². The third kappa shape index (κ3) is 2.97. The molecule has 0 bridgehead atoms. The molecule has 1 saturated heterocycles. The van der Waals surface area contributed by atoms with Crippen molar-refractivity contribution in [2.24, 2.45) is 0 Å². The van der Waals surface area contributed by atoms with Crippen LogP contribution in [-0.2, 0) is 0 Å². The topological polar surface area (TPSA) is 55.6 Å². The highest BCUT2D eigenvalue weighted by Gasteiger charge is 2.28. The number of thioether (sulfide) groups is 1. The number of nitrogens with zero attached hydrogens (tertiary/aromatic N) is 1. The van der Waals surface area contributed by atoms with Crippen molar-refractivity contribution < 1.29 is 9.53 Å². The number of hydrogen-bond acceptors (Lipinski definition) is 4. The normalized spacial score (nSPS) is 23.2. The van der Waals surface area contributed by atoms with E-state index in [2.05, 4.69) is 13.8 Å². The number of hydrogen-bond donors (Lipinski definition) is 1. The third-order valence-electron chi connectivity index (χ3n) is 3.19. The fourth-order valence-corrected chi connectivity index (χ4v) is 3.79. The number of methoxy groups -OCH3 is 1. The van der Waals surface area contributed by atoms with E-state index in [1.807, 2.05) is 16.7 Å². The Labute approximate surface area is 118 Å². The maximum atomic E-state index is 12.6. The summed E-state index contributed by atoms with van der Waals surface area (Å²) in [6.45, 7) is 5.84. The zero-order valence-corrected chi connectivity index (χ0v) is 12.4. The SMILES string of the molecule is COc1c(N)cccc1C(=O)N1CC(C)SC(C)C1. The molecule has 5 heteroatoms. The molecule has 0 saturated carbocycles. The molecule has 0 spiro atoms. The molecule has 2 atom stereocenters. The van der Waals surface area contributed by atoms with Crippen LogP contribution in [0.1, 0.15) is 24.2 Å². The molecule has 1 aliphatic heterocycles. The summed E-state index contributed by atoms with van der Waals surface area (Å²) in [5.41, 5.74) is 6.90. The Morgan fingerprint density at radius 1 is 1.37 bits per heavy atom. The third-order valence-corrected chi connectivity index (χ3v) is 4.41. The van der Waals surface area contributed by atoms with E-state index in [4.69, 9.17) is 10.5 Å². The van der Waals surface area contributed by atoms with E-state index in [1.54, 1.807) is 25.3 Å². The van der Waals surface area contributed by atoms with Crippen molar-refractivity contribution in [3.05, 3.63) is 23.8 Å². The van der Waals surface area contributed by atoms with Crippen molar-refractivity contribution in [1.29, 1.82) is 0 Å². The number of para-hydroxylation sites is 1. The number of rotatable bonds is 2. The lowest BCUT2D eigenvalue weighted by molar-refractivity contribution is 0.0750. The molecular formula is C14H20N2O2S. The summed E-state index contributed by atoms with van der Waals surface area (Å²) in [7, 11) is 1.54. The van der Waals surface area contributed by atoms with Gasteiger partial charge >= 0.3 is 0 Å². The number of benzene rings is 1. The number of ether oxygens (including phenoxy) is 1. The number of nitrogen functional groups attached to an aromatic ring is 1. The average Bonchev–Trinajstić information content (AvgIpc) is 2.36. The maximum Gasteiger partial charge on any atom is 0.257 e. The number of carbonyl (C=O) groups excluding carboxylic acids is 1. The maximum absolute atomic E-state index is 12.6. The number of carbonyl (C=O) groups is 1. The first-order valence-electron chi connectivity index (χ1n) is 6.40. The van der Waals surface area contributed by atoms with E-state index in [1.165, 1.54) is 0 Å². The molecule has 19 heavy (non-hydrogen) atoms. The Balaban J connectivity index is 2.26. The molecule has 2 N–H and O–H groups in total. The van der Waals surface area contributed by atoms with Crippen molar-refractivity contribution in [3.63, 3.8) is 0 Å². The summed E-state index contributed by atoms with van der Waals surface area (Å²) in [4.78, 5) is 14.5. The highest BCUT2D eigenvalue weighted by atomic mass is 32.2. The summed E-state index contributed by atoms with van der Waals surface area (Å²) in [5, 5.41) is 0.916. The highest BCUT2D eigenvalue weighted by molar-refractivity contribution is 8.00. The van der Waals surface area contributed by atoms with Crippen LogP contribution in [0.3, 0.4) is 0 Å². The first-order chi connectivity index (χ1) is 9.02. The van der Waals surface area contributed by atoms with Crippen molar-refractivity contribution in [2.45, 2.75) is 24.3 Å². The second-order valence-corrected chi connectivity index (χ2v) is 6.78. The molecule has 1 heterocycles. The molecule has 1 aliphatic rings. The Hall–Kier alpha value is -1.36. The highest BCUT2D eigenvalue weighted by Crippen LogP contribution is 2.30. The molecule has 0 radical (unpaired) electrons. The van der Waals surface area contributed by atoms with Gasteiger partial charge in [-0.2, -0.15) is 11.8 Å². The van der Waals surface area contributed by atoms with Crippen LogP contribution in [0.25, 0.3) is 0 Å². The predicted octanol–water partition coefficient (Wildman–Crippen LogP) is 2.24. The van der Waals surface area contributed by atoms with E-state index in [-0.39, 0.29) is 5.91 Å². The average molecular weight is 280 g/mol. The van der Waals surface area contributed by atoms with E-state index in [0.29, 0.717) is 27.5 Å². The number of nitrogens with two attached hydrogens (primary N) is 1. The second-order valence-electron chi connectivity index (χ2n) is 4.90. The predicted molar refractivity (Wildman–Crippen MR) is 79.8 cm³/mol. The fraction of sp³-hybridized carbons (Fsp3) is 0.500. The van der Waals surface area contributed by atoms with Gasteiger partial charge in [-0.1, -0.05) is 19.9 Å². The van der Waals surface area contributed by atoms with Crippen molar-refractivity contribution in [3.8, 4) is 5.75 Å². The zero-order chi connectivity index (χ0) is 14.0. The fourth-order valence-electron chi connectivity index (χ4n) is 2.47. The van der Waals surface area contributed by atoms with Crippen LogP contribution in [0.15, 0.2) is 18.2 Å². The summed E-state index contributed by atoms with van der Waals surface area (Å²) >= 11 is 1.92. The Morgan fingerprint density at radius 3 is 2.58 bits per heavy atom. The molecule has 1 fully saturated rings. The molecule has 0 aliphatic carbocycles. The van der Waals surface area contributed by atoms with Gasteiger partial charge in [-0.25, -0.2) is 0 Å². The largest absolute Gasteiger partial charge is 0.494 e. The lowest BCUT2D eigenvalue weighted by Crippen LogP contribution is -2.44. The van der Waals surface area contributed by atoms with Gasteiger partial charge in [-0.05, 0) is 12.1 Å². The minimum absolute atomic E-state index is 0.00292. The van der Waals surface area contributed by atoms with Crippen LogP contribution in [-0.4, -0.2) is 41.5 Å². The molecule has 2 rings (SSSR count). The van der Waals surface area contributed by atoms with Gasteiger partial charge in [0.2, 0.25) is 0 Å². The van der Waals surface area contributed by atoms with Crippen LogP contribution in [0.5, 0.6) is 5.75 Å². The molecule has 4 nitrogen and oxygen atoms in total. The van der Waals surface area contributed by atoms with E-state index >= 15 is 0 Å². The Morgan fingerprint density at radius 2 is 2.00 bits per heavy atom. The lowest BCUT2D eigenvalue weighted by atomic mass is 10.1. The molecule has 104 valence electrons. The van der Waals surface area contributed by atoms with Gasteiger partial charge < -0.3 is 15.4 Å². The van der Waals surface area contributed by atoms with Crippen LogP contribution >= 0.6 is 11.8 Å². The van der Waals surface area contributed by atoms with Gasteiger partial charge in [0.25, 0.3) is 5.91 Å². The van der Waals surface area contributed by atoms with Crippen LogP contribution < -0.4 is 10.5 Å². The van der Waals surface area contributed by atoms with Crippen LogP contribution in [0.4, 0.5) is 5.69 Å². The molecule has 1 aromatic carbocycles. The molecular weight excluding hydrogens is 260 g/mol. The Kier molecular flexibility index (Phi) is 4.24. The molecule has 0 aromatic heterocycles. The molecule has 1 amide bonds. The number of anilines is 1. The van der Waals surface area contributed by atoms with Gasteiger partial charge in [0, 0.05) is 23.6 Å². The van der Waals surface area contributed by atoms with Gasteiger partial charge in [0.15, 0.2) is 5.75 Å². The first-order valence-corrected chi connectivity index (χ1v) is 7.34. The lowest BCUT2D eigenvalue weighted by Gasteiger charge is -2.34. The monoisotopic (exact) mass is 280 g/mol. The summed E-state index contributed by atoms with van der Waals surface area (Å²) in [6, 6.07) is 5.30. The van der Waals surface area contributed by atoms with Gasteiger partial charge in [-0.15, -0.1) is 0 Å². The quantitative estimate of drug-likeness (QED) is 0.844. The van der Waals surface area contributed by atoms with Crippen LogP contribution in [0.2, 0.25) is 0 Å². The molecule has 1 aromatic rings. The van der Waals surface area contributed by atoms with Crippen molar-refractivity contribution in [1.82, 2.24) is 4.90 Å². The first kappa shape index (κ1) is 14.1. The standard InChI is InChI=1S/C14H20N2O2S/c1-9-7-16(8-10(2)19-9)14(17)11-5-4-6-12(15)13(11)18-3/h4-6,9-10H,7-8,15H2,1-3H3. The van der Waals surface area contributed by atoms with Gasteiger partial charge in [0.05, 0.1) is 18.4 Å². The Bertz CT molecular complexity index is 469. The van der Waals surface area contributed by atoms with E-state index in [0.717, 1.165) is 13.1 Å². The van der Waals surface area contributed by atoms with Gasteiger partial charge in [-0.3, -0.25) is 4.79 Å². The minimum Gasteiger partial charge on any atom is -0.494 e. The summed E-state index contributed by atoms with van der Waals surface area (Å²) < 4.78 is 5.26. The molecule has 2 unspecified atom stereocenters. The summed E-state index contributed by atoms with van der Waals surface area (Å²) in [5.74, 6) is 0.481.